The van der Waals surface area contributed by atoms with Gasteiger partial charge in [-0.15, -0.1) is 0 Å². The summed E-state index contributed by atoms with van der Waals surface area (Å²) in [5, 5.41) is 2.51. The Morgan fingerprint density at radius 3 is 2.50 bits per heavy atom. The molecule has 3 rings (SSSR count). The van der Waals surface area contributed by atoms with Gasteiger partial charge in [-0.2, -0.15) is 13.2 Å². The lowest BCUT2D eigenvalue weighted by Gasteiger charge is -2.32. The van der Waals surface area contributed by atoms with Gasteiger partial charge in [0.25, 0.3) is 11.8 Å². The van der Waals surface area contributed by atoms with Crippen molar-refractivity contribution in [1.82, 2.24) is 9.97 Å². The number of nitrogens with one attached hydrogen (secondary N) is 1. The van der Waals surface area contributed by atoms with Crippen LogP contribution in [0.2, 0.25) is 0 Å². The minimum atomic E-state index is -4.73. The molecule has 32 heavy (non-hydrogen) atoms. The number of carbonyl (C=O) groups is 2. The molecule has 0 radical (unpaired) electrons. The Morgan fingerprint density at radius 1 is 1.25 bits per heavy atom. The first-order valence-corrected chi connectivity index (χ1v) is 9.71. The zero-order valence-electron chi connectivity index (χ0n) is 17.9. The molecule has 0 unspecified atom stereocenters. The molecule has 0 saturated carbocycles. The van der Waals surface area contributed by atoms with Crippen molar-refractivity contribution in [2.45, 2.75) is 44.6 Å². The van der Waals surface area contributed by atoms with Crippen LogP contribution in [0.3, 0.4) is 0 Å². The van der Waals surface area contributed by atoms with E-state index in [9.17, 15) is 22.8 Å². The highest BCUT2D eigenvalue weighted by atomic mass is 19.4. The summed E-state index contributed by atoms with van der Waals surface area (Å²) in [6, 6.07) is 4.14. The molecule has 3 heterocycles. The van der Waals surface area contributed by atoms with Crippen LogP contribution in [0.1, 0.15) is 41.5 Å². The number of aryl methyl sites for hydroxylation is 1. The van der Waals surface area contributed by atoms with E-state index < -0.39 is 41.5 Å². The van der Waals surface area contributed by atoms with Crippen LogP contribution < -0.4 is 15.8 Å². The van der Waals surface area contributed by atoms with Crippen LogP contribution in [0.15, 0.2) is 30.6 Å². The summed E-state index contributed by atoms with van der Waals surface area (Å²) >= 11 is 0. The van der Waals surface area contributed by atoms with E-state index in [0.717, 1.165) is 6.92 Å². The number of anilines is 1. The Labute approximate surface area is 182 Å². The van der Waals surface area contributed by atoms with Gasteiger partial charge in [-0.1, -0.05) is 6.92 Å². The number of rotatable bonds is 5. The summed E-state index contributed by atoms with van der Waals surface area (Å²) in [7, 11) is 1.38. The van der Waals surface area contributed by atoms with Gasteiger partial charge in [0.1, 0.15) is 17.5 Å². The van der Waals surface area contributed by atoms with Crippen LogP contribution >= 0.6 is 0 Å². The summed E-state index contributed by atoms with van der Waals surface area (Å²) < 4.78 is 52.8. The number of alkyl halides is 3. The summed E-state index contributed by atoms with van der Waals surface area (Å²) in [5.41, 5.74) is 3.51. The largest absolute Gasteiger partial charge is 0.495 e. The van der Waals surface area contributed by atoms with Gasteiger partial charge >= 0.3 is 6.18 Å². The quantitative estimate of drug-likeness (QED) is 0.721. The zero-order valence-corrected chi connectivity index (χ0v) is 17.9. The average molecular weight is 452 g/mol. The third-order valence-electron chi connectivity index (χ3n) is 5.88. The van der Waals surface area contributed by atoms with Crippen LogP contribution in [0.25, 0.3) is 0 Å². The molecule has 172 valence electrons. The molecular formula is C21H23F3N4O4. The number of methoxy groups -OCH3 is 1. The van der Waals surface area contributed by atoms with E-state index in [1.807, 2.05) is 0 Å². The minimum Gasteiger partial charge on any atom is -0.495 e. The molecule has 2 amide bonds. The number of nitrogens with zero attached hydrogens (tertiary/aromatic N) is 2. The Hall–Kier alpha value is -3.21. The van der Waals surface area contributed by atoms with Crippen LogP contribution in [0.4, 0.5) is 18.9 Å². The highest BCUT2D eigenvalue weighted by molar-refractivity contribution is 5.97. The average Bonchev–Trinajstić information content (AvgIpc) is 3.00. The maximum absolute atomic E-state index is 14.0. The first-order chi connectivity index (χ1) is 14.9. The van der Waals surface area contributed by atoms with Crippen molar-refractivity contribution >= 4 is 17.5 Å². The Kier molecular flexibility index (Phi) is 6.14. The second-order valence-corrected chi connectivity index (χ2v) is 7.76. The van der Waals surface area contributed by atoms with E-state index in [1.165, 1.54) is 44.6 Å². The first kappa shape index (κ1) is 23.5. The molecule has 1 fully saturated rings. The van der Waals surface area contributed by atoms with Crippen molar-refractivity contribution in [3.8, 4) is 5.75 Å². The lowest BCUT2D eigenvalue weighted by molar-refractivity contribution is -0.272. The molecule has 11 heteroatoms. The SMILES string of the molecule is COc1c([C@@H]2[C@H](C(=O)Nc3ccnc(C(N)=O)c3)O[C@@](C)(C(F)(F)F)[C@H]2C)ccnc1C. The van der Waals surface area contributed by atoms with Gasteiger partial charge in [-0.05, 0) is 32.0 Å². The lowest BCUT2D eigenvalue weighted by Crippen LogP contribution is -2.47. The third-order valence-corrected chi connectivity index (χ3v) is 5.88. The fraction of sp³-hybridized carbons (Fsp3) is 0.429. The van der Waals surface area contributed by atoms with E-state index in [1.54, 1.807) is 6.92 Å². The van der Waals surface area contributed by atoms with Crippen LogP contribution in [0, 0.1) is 12.8 Å². The van der Waals surface area contributed by atoms with E-state index in [4.69, 9.17) is 15.2 Å². The smallest absolute Gasteiger partial charge is 0.417 e. The summed E-state index contributed by atoms with van der Waals surface area (Å²) in [5.74, 6) is -3.46. The van der Waals surface area contributed by atoms with Gasteiger partial charge in [-0.3, -0.25) is 19.6 Å². The van der Waals surface area contributed by atoms with Crippen molar-refractivity contribution in [3.05, 3.63) is 47.5 Å². The number of hydrogen-bond acceptors (Lipinski definition) is 6. The fourth-order valence-electron chi connectivity index (χ4n) is 3.98. The van der Waals surface area contributed by atoms with Gasteiger partial charge in [0.2, 0.25) is 0 Å². The van der Waals surface area contributed by atoms with Gasteiger partial charge in [0.05, 0.1) is 12.8 Å². The number of ether oxygens (including phenoxy) is 2. The summed E-state index contributed by atoms with van der Waals surface area (Å²) in [6.45, 7) is 3.97. The first-order valence-electron chi connectivity index (χ1n) is 9.71. The number of aromatic nitrogens is 2. The van der Waals surface area contributed by atoms with E-state index >= 15 is 0 Å². The predicted molar refractivity (Wildman–Crippen MR) is 108 cm³/mol. The molecule has 0 bridgehead atoms. The molecule has 0 aromatic carbocycles. The molecule has 0 spiro atoms. The van der Waals surface area contributed by atoms with Crippen molar-refractivity contribution in [2.75, 3.05) is 12.4 Å². The van der Waals surface area contributed by atoms with Crippen LogP contribution in [-0.2, 0) is 9.53 Å². The number of primary amides is 1. The molecule has 1 aliphatic heterocycles. The fourth-order valence-corrected chi connectivity index (χ4v) is 3.98. The highest BCUT2D eigenvalue weighted by Gasteiger charge is 2.65. The number of carbonyl (C=O) groups excluding carboxylic acids is 2. The number of halogens is 3. The maximum Gasteiger partial charge on any atom is 0.417 e. The lowest BCUT2D eigenvalue weighted by atomic mass is 9.77. The van der Waals surface area contributed by atoms with E-state index in [2.05, 4.69) is 15.3 Å². The van der Waals surface area contributed by atoms with E-state index in [0.29, 0.717) is 11.3 Å². The number of amides is 2. The Morgan fingerprint density at radius 2 is 1.91 bits per heavy atom. The summed E-state index contributed by atoms with van der Waals surface area (Å²) in [4.78, 5) is 32.4. The van der Waals surface area contributed by atoms with Crippen molar-refractivity contribution in [2.24, 2.45) is 11.7 Å². The summed E-state index contributed by atoms with van der Waals surface area (Å²) in [6.07, 6.45) is -3.54. The molecular weight excluding hydrogens is 429 g/mol. The Balaban J connectivity index is 2.05. The number of pyridine rings is 2. The maximum atomic E-state index is 14.0. The monoisotopic (exact) mass is 452 g/mol. The molecule has 8 nitrogen and oxygen atoms in total. The molecule has 2 aromatic rings. The molecule has 4 atom stereocenters. The third kappa shape index (κ3) is 3.99. The van der Waals surface area contributed by atoms with Gasteiger partial charge in [-0.25, -0.2) is 0 Å². The normalized spacial score (nSPS) is 25.4. The standard InChI is InChI=1S/C21H23F3N4O4/c1-10-15(13-6-8-26-11(2)16(13)31-4)17(32-20(10,3)21(22,23)24)19(30)28-12-5-7-27-14(9-12)18(25)29/h5-10,15,17H,1-4H3,(H2,25,29)(H,27,28,30)/t10-,15+,17+,20+/m0/s1. The van der Waals surface area contributed by atoms with Crippen molar-refractivity contribution in [1.29, 1.82) is 0 Å². The number of hydrogen-bond donors (Lipinski definition) is 2. The van der Waals surface area contributed by atoms with Crippen LogP contribution in [-0.4, -0.2) is 46.8 Å². The molecule has 1 saturated heterocycles. The molecule has 3 N–H and O–H groups in total. The minimum absolute atomic E-state index is 0.105. The predicted octanol–water partition coefficient (Wildman–Crippen LogP) is 2.97. The number of nitrogens with two attached hydrogens (primary N) is 1. The highest BCUT2D eigenvalue weighted by Crippen LogP contribution is 2.54. The molecule has 2 aromatic heterocycles. The van der Waals surface area contributed by atoms with Crippen molar-refractivity contribution < 1.29 is 32.2 Å². The second kappa shape index (κ2) is 8.38. The van der Waals surface area contributed by atoms with Gasteiger partial charge in [0.15, 0.2) is 5.60 Å². The van der Waals surface area contributed by atoms with E-state index in [-0.39, 0.29) is 17.1 Å². The second-order valence-electron chi connectivity index (χ2n) is 7.76. The zero-order chi connectivity index (χ0) is 23.8. The molecule has 1 aliphatic rings. The topological polar surface area (TPSA) is 116 Å². The van der Waals surface area contributed by atoms with Crippen LogP contribution in [0.5, 0.6) is 5.75 Å². The van der Waals surface area contributed by atoms with Gasteiger partial charge in [0, 0.05) is 35.5 Å². The van der Waals surface area contributed by atoms with Gasteiger partial charge < -0.3 is 20.5 Å². The Bertz CT molecular complexity index is 1050. The van der Waals surface area contributed by atoms with Crippen molar-refractivity contribution in [3.63, 3.8) is 0 Å². The molecule has 0 aliphatic carbocycles.